The second-order valence-corrected chi connectivity index (χ2v) is 3.59. The monoisotopic (exact) mass is 257 g/mol. The summed E-state index contributed by atoms with van der Waals surface area (Å²) in [5, 5.41) is 9.20. The standard InChI is InChI=1S/C11H9Cl2NO2/c1-2-16-11(15)7-3-4-10(13)9(6-14)8(7)5-12/h3-4H,2,5H2,1H3. The number of hydrogen-bond donors (Lipinski definition) is 0. The van der Waals surface area contributed by atoms with Crippen molar-refractivity contribution in [1.29, 1.82) is 5.26 Å². The van der Waals surface area contributed by atoms with Crippen LogP contribution in [0, 0.1) is 11.3 Å². The second-order valence-electron chi connectivity index (χ2n) is 2.91. The van der Waals surface area contributed by atoms with Gasteiger partial charge < -0.3 is 4.74 Å². The number of carbonyl (C=O) groups excluding carboxylic acids is 1. The smallest absolute Gasteiger partial charge is 0.338 e. The first-order chi connectivity index (χ1) is 7.65. The molecule has 16 heavy (non-hydrogen) atoms. The Labute approximate surface area is 104 Å². The summed E-state index contributed by atoms with van der Waals surface area (Å²) in [7, 11) is 0. The Morgan fingerprint density at radius 2 is 2.25 bits per heavy atom. The quantitative estimate of drug-likeness (QED) is 0.618. The summed E-state index contributed by atoms with van der Waals surface area (Å²) < 4.78 is 4.86. The average Bonchev–Trinajstić information content (AvgIpc) is 2.28. The molecule has 0 amide bonds. The SMILES string of the molecule is CCOC(=O)c1ccc(Cl)c(C#N)c1CCl. The Kier molecular flexibility index (Phi) is 4.60. The largest absolute Gasteiger partial charge is 0.462 e. The van der Waals surface area contributed by atoms with Gasteiger partial charge in [0.05, 0.1) is 22.8 Å². The Balaban J connectivity index is 3.31. The van der Waals surface area contributed by atoms with E-state index in [2.05, 4.69) is 0 Å². The lowest BCUT2D eigenvalue weighted by Gasteiger charge is -2.09. The highest BCUT2D eigenvalue weighted by molar-refractivity contribution is 6.32. The van der Waals surface area contributed by atoms with Gasteiger partial charge in [-0.15, -0.1) is 11.6 Å². The van der Waals surface area contributed by atoms with Crippen LogP contribution in [0.25, 0.3) is 0 Å². The molecule has 0 spiro atoms. The van der Waals surface area contributed by atoms with E-state index in [0.717, 1.165) is 0 Å². The van der Waals surface area contributed by atoms with E-state index in [4.69, 9.17) is 33.2 Å². The molecule has 0 heterocycles. The highest BCUT2D eigenvalue weighted by atomic mass is 35.5. The van der Waals surface area contributed by atoms with Crippen LogP contribution in [0.2, 0.25) is 5.02 Å². The molecule has 0 saturated carbocycles. The van der Waals surface area contributed by atoms with Crippen molar-refractivity contribution in [2.45, 2.75) is 12.8 Å². The maximum Gasteiger partial charge on any atom is 0.338 e. The van der Waals surface area contributed by atoms with Gasteiger partial charge in [-0.25, -0.2) is 4.79 Å². The van der Waals surface area contributed by atoms with Crippen molar-refractivity contribution in [3.05, 3.63) is 33.8 Å². The van der Waals surface area contributed by atoms with E-state index in [1.54, 1.807) is 6.92 Å². The fraction of sp³-hybridized carbons (Fsp3) is 0.273. The Morgan fingerprint density at radius 3 is 2.75 bits per heavy atom. The predicted octanol–water partition coefficient (Wildman–Crippen LogP) is 3.13. The zero-order valence-corrected chi connectivity index (χ0v) is 10.1. The normalized spacial score (nSPS) is 9.62. The Morgan fingerprint density at radius 1 is 1.56 bits per heavy atom. The van der Waals surface area contributed by atoms with E-state index >= 15 is 0 Å². The van der Waals surface area contributed by atoms with Crippen molar-refractivity contribution < 1.29 is 9.53 Å². The third-order valence-electron chi connectivity index (χ3n) is 2.00. The molecule has 0 bridgehead atoms. The van der Waals surface area contributed by atoms with Crippen LogP contribution < -0.4 is 0 Å². The lowest BCUT2D eigenvalue weighted by atomic mass is 10.0. The molecule has 84 valence electrons. The van der Waals surface area contributed by atoms with Gasteiger partial charge in [0.2, 0.25) is 0 Å². The average molecular weight is 258 g/mol. The van der Waals surface area contributed by atoms with Crippen molar-refractivity contribution in [3.63, 3.8) is 0 Å². The first-order valence-corrected chi connectivity index (χ1v) is 5.51. The van der Waals surface area contributed by atoms with Crippen LogP contribution >= 0.6 is 23.2 Å². The van der Waals surface area contributed by atoms with Crippen molar-refractivity contribution in [1.82, 2.24) is 0 Å². The number of nitriles is 1. The maximum atomic E-state index is 11.6. The highest BCUT2D eigenvalue weighted by Gasteiger charge is 2.17. The molecule has 0 aliphatic rings. The van der Waals surface area contributed by atoms with Gasteiger partial charge in [0.15, 0.2) is 0 Å². The fourth-order valence-electron chi connectivity index (χ4n) is 1.28. The number of hydrogen-bond acceptors (Lipinski definition) is 3. The van der Waals surface area contributed by atoms with Crippen molar-refractivity contribution in [3.8, 4) is 6.07 Å². The predicted molar refractivity (Wildman–Crippen MR) is 61.7 cm³/mol. The van der Waals surface area contributed by atoms with Gasteiger partial charge >= 0.3 is 5.97 Å². The minimum atomic E-state index is -0.494. The van der Waals surface area contributed by atoms with Crippen LogP contribution in [-0.4, -0.2) is 12.6 Å². The molecule has 5 heteroatoms. The number of ether oxygens (including phenoxy) is 1. The van der Waals surface area contributed by atoms with E-state index in [1.807, 2.05) is 6.07 Å². The Hall–Kier alpha value is -1.24. The van der Waals surface area contributed by atoms with Gasteiger partial charge in [0, 0.05) is 11.4 Å². The summed E-state index contributed by atoms with van der Waals surface area (Å²) in [4.78, 5) is 11.6. The van der Waals surface area contributed by atoms with Crippen LogP contribution in [0.5, 0.6) is 0 Å². The molecule has 0 unspecified atom stereocenters. The molecule has 0 aliphatic heterocycles. The first kappa shape index (κ1) is 12.8. The van der Waals surface area contributed by atoms with E-state index in [1.165, 1.54) is 12.1 Å². The summed E-state index contributed by atoms with van der Waals surface area (Å²) in [5.41, 5.74) is 0.926. The number of rotatable bonds is 3. The van der Waals surface area contributed by atoms with Crippen LogP contribution in [-0.2, 0) is 10.6 Å². The summed E-state index contributed by atoms with van der Waals surface area (Å²) >= 11 is 11.5. The summed E-state index contributed by atoms with van der Waals surface area (Å²) in [6.45, 7) is 1.98. The zero-order chi connectivity index (χ0) is 12.1. The molecule has 0 saturated heterocycles. The third-order valence-corrected chi connectivity index (χ3v) is 2.59. The van der Waals surface area contributed by atoms with Crippen molar-refractivity contribution in [2.24, 2.45) is 0 Å². The van der Waals surface area contributed by atoms with Gasteiger partial charge in [-0.1, -0.05) is 11.6 Å². The number of halogens is 2. The number of alkyl halides is 1. The number of esters is 1. The fourth-order valence-corrected chi connectivity index (χ4v) is 1.78. The van der Waals surface area contributed by atoms with E-state index in [-0.39, 0.29) is 28.6 Å². The van der Waals surface area contributed by atoms with Gasteiger partial charge in [-0.3, -0.25) is 0 Å². The van der Waals surface area contributed by atoms with Gasteiger partial charge in [0.1, 0.15) is 6.07 Å². The molecule has 1 aromatic carbocycles. The van der Waals surface area contributed by atoms with E-state index in [9.17, 15) is 4.79 Å². The summed E-state index contributed by atoms with van der Waals surface area (Å²) in [5.74, 6) is -0.455. The van der Waals surface area contributed by atoms with Crippen LogP contribution in [0.15, 0.2) is 12.1 Å². The van der Waals surface area contributed by atoms with Crippen LogP contribution in [0.1, 0.15) is 28.4 Å². The molecule has 0 aliphatic carbocycles. The minimum absolute atomic E-state index is 0.0393. The summed E-state index contributed by atoms with van der Waals surface area (Å²) in [6, 6.07) is 4.93. The maximum absolute atomic E-state index is 11.6. The van der Waals surface area contributed by atoms with Crippen molar-refractivity contribution in [2.75, 3.05) is 6.61 Å². The molecular formula is C11H9Cl2NO2. The third kappa shape index (κ3) is 2.46. The molecule has 0 aromatic heterocycles. The van der Waals surface area contributed by atoms with Crippen LogP contribution in [0.3, 0.4) is 0 Å². The number of carbonyl (C=O) groups is 1. The van der Waals surface area contributed by atoms with Crippen LogP contribution in [0.4, 0.5) is 0 Å². The number of nitrogens with zero attached hydrogens (tertiary/aromatic N) is 1. The molecular weight excluding hydrogens is 249 g/mol. The lowest BCUT2D eigenvalue weighted by Crippen LogP contribution is -2.09. The lowest BCUT2D eigenvalue weighted by molar-refractivity contribution is 0.0525. The molecule has 3 nitrogen and oxygen atoms in total. The van der Waals surface area contributed by atoms with Gasteiger partial charge in [-0.2, -0.15) is 5.26 Å². The first-order valence-electron chi connectivity index (χ1n) is 4.60. The number of benzene rings is 1. The van der Waals surface area contributed by atoms with Gasteiger partial charge in [-0.05, 0) is 19.1 Å². The summed E-state index contributed by atoms with van der Waals surface area (Å²) in [6.07, 6.45) is 0. The van der Waals surface area contributed by atoms with E-state index in [0.29, 0.717) is 5.56 Å². The minimum Gasteiger partial charge on any atom is -0.462 e. The molecule has 0 radical (unpaired) electrons. The topological polar surface area (TPSA) is 50.1 Å². The molecule has 0 fully saturated rings. The molecule has 1 rings (SSSR count). The van der Waals surface area contributed by atoms with E-state index < -0.39 is 5.97 Å². The molecule has 0 N–H and O–H groups in total. The molecule has 1 aromatic rings. The second kappa shape index (κ2) is 5.74. The zero-order valence-electron chi connectivity index (χ0n) is 8.59. The van der Waals surface area contributed by atoms with Gasteiger partial charge in [0.25, 0.3) is 0 Å². The highest BCUT2D eigenvalue weighted by Crippen LogP contribution is 2.25. The van der Waals surface area contributed by atoms with Crippen molar-refractivity contribution >= 4 is 29.2 Å². The Bertz CT molecular complexity index is 452. The molecule has 0 atom stereocenters.